The Morgan fingerprint density at radius 3 is 2.62 bits per heavy atom. The first kappa shape index (κ1) is 22.3. The highest BCUT2D eigenvalue weighted by Crippen LogP contribution is 2.24. The molecule has 0 aliphatic carbocycles. The molecule has 164 valence electrons. The number of nitrogens with one attached hydrogen (secondary N) is 1. The molecule has 0 bridgehead atoms. The van der Waals surface area contributed by atoms with E-state index in [4.69, 9.17) is 9.47 Å². The van der Waals surface area contributed by atoms with Gasteiger partial charge in [0.25, 0.3) is 0 Å². The van der Waals surface area contributed by atoms with Crippen LogP contribution in [-0.2, 0) is 6.54 Å². The molecule has 0 saturated carbocycles. The predicted octanol–water partition coefficient (Wildman–Crippen LogP) is 1.08. The number of rotatable bonds is 11. The molecular formula is C22H37N3O4. The number of aliphatic hydroxyl groups excluding tert-OH is 2. The predicted molar refractivity (Wildman–Crippen MR) is 114 cm³/mol. The van der Waals surface area contributed by atoms with E-state index in [-0.39, 0.29) is 12.7 Å². The van der Waals surface area contributed by atoms with Gasteiger partial charge in [0.15, 0.2) is 0 Å². The number of nitrogens with zero attached hydrogens (tertiary/aromatic N) is 2. The third kappa shape index (κ3) is 7.42. The quantitative estimate of drug-likeness (QED) is 0.474. The van der Waals surface area contributed by atoms with E-state index in [1.54, 1.807) is 7.11 Å². The van der Waals surface area contributed by atoms with E-state index in [1.807, 2.05) is 18.2 Å². The first-order valence-electron chi connectivity index (χ1n) is 11.0. The summed E-state index contributed by atoms with van der Waals surface area (Å²) in [5.41, 5.74) is 1.04. The van der Waals surface area contributed by atoms with E-state index < -0.39 is 6.10 Å². The van der Waals surface area contributed by atoms with Crippen molar-refractivity contribution in [2.75, 3.05) is 59.5 Å². The van der Waals surface area contributed by atoms with E-state index in [0.29, 0.717) is 13.1 Å². The number of hydrogen-bond acceptors (Lipinski definition) is 7. The third-order valence-corrected chi connectivity index (χ3v) is 5.84. The van der Waals surface area contributed by atoms with Gasteiger partial charge in [-0.05, 0) is 57.0 Å². The fourth-order valence-electron chi connectivity index (χ4n) is 4.07. The summed E-state index contributed by atoms with van der Waals surface area (Å²) in [7, 11) is 1.67. The summed E-state index contributed by atoms with van der Waals surface area (Å²) in [6.07, 6.45) is 3.43. The molecule has 1 aromatic carbocycles. The molecule has 1 atom stereocenters. The smallest absolute Gasteiger partial charge is 0.124 e. The molecule has 2 aliphatic rings. The molecule has 0 amide bonds. The van der Waals surface area contributed by atoms with Crippen LogP contribution in [0.2, 0.25) is 0 Å². The van der Waals surface area contributed by atoms with Crippen molar-refractivity contribution in [3.8, 4) is 11.5 Å². The Kier molecular flexibility index (Phi) is 9.01. The molecule has 0 radical (unpaired) electrons. The zero-order valence-electron chi connectivity index (χ0n) is 17.7. The van der Waals surface area contributed by atoms with Crippen molar-refractivity contribution in [3.63, 3.8) is 0 Å². The molecule has 3 rings (SSSR count). The molecule has 7 heteroatoms. The minimum Gasteiger partial charge on any atom is -0.497 e. The lowest BCUT2D eigenvalue weighted by atomic mass is 10.1. The van der Waals surface area contributed by atoms with Crippen LogP contribution in [0.3, 0.4) is 0 Å². The largest absolute Gasteiger partial charge is 0.497 e. The van der Waals surface area contributed by atoms with Gasteiger partial charge in [0, 0.05) is 44.8 Å². The minimum atomic E-state index is -0.552. The van der Waals surface area contributed by atoms with Crippen LogP contribution in [0.15, 0.2) is 18.2 Å². The lowest BCUT2D eigenvalue weighted by molar-refractivity contribution is 0.0336. The number of hydrogen-bond donors (Lipinski definition) is 3. The van der Waals surface area contributed by atoms with Crippen LogP contribution >= 0.6 is 0 Å². The Bertz CT molecular complexity index is 602. The second kappa shape index (κ2) is 11.7. The number of benzene rings is 1. The lowest BCUT2D eigenvalue weighted by Gasteiger charge is -2.31. The molecule has 7 nitrogen and oxygen atoms in total. The fraction of sp³-hybridized carbons (Fsp3) is 0.727. The van der Waals surface area contributed by atoms with Gasteiger partial charge in [-0.2, -0.15) is 0 Å². The zero-order valence-corrected chi connectivity index (χ0v) is 17.7. The summed E-state index contributed by atoms with van der Waals surface area (Å²) in [6.45, 7) is 7.63. The highest BCUT2D eigenvalue weighted by Gasteiger charge is 2.20. The normalized spacial score (nSPS) is 20.1. The number of likely N-dealkylation sites (tertiary alicyclic amines) is 2. The zero-order chi connectivity index (χ0) is 20.5. The van der Waals surface area contributed by atoms with E-state index in [2.05, 4.69) is 15.1 Å². The SMILES string of the molecule is COc1ccc(OCC(O)CN2CCC(O)CC2)c(CNCCN2CCCC2)c1. The number of piperidine rings is 1. The van der Waals surface area contributed by atoms with Crippen LogP contribution in [0, 0.1) is 0 Å². The summed E-state index contributed by atoms with van der Waals surface area (Å²) >= 11 is 0. The van der Waals surface area contributed by atoms with Crippen molar-refractivity contribution in [3.05, 3.63) is 23.8 Å². The van der Waals surface area contributed by atoms with Gasteiger partial charge in [-0.15, -0.1) is 0 Å². The van der Waals surface area contributed by atoms with E-state index >= 15 is 0 Å². The average molecular weight is 408 g/mol. The van der Waals surface area contributed by atoms with Gasteiger partial charge >= 0.3 is 0 Å². The standard InChI is InChI=1S/C22H37N3O4/c1-28-21-4-5-22(18(14-21)15-23-8-13-24-9-2-3-10-24)29-17-20(27)16-25-11-6-19(26)7-12-25/h4-5,14,19-20,23,26-27H,2-3,6-13,15-17H2,1H3. The van der Waals surface area contributed by atoms with Crippen molar-refractivity contribution < 1.29 is 19.7 Å². The number of β-amino-alcohol motifs (C(OH)–C–C–N with tert-alkyl or cyclic N) is 1. The van der Waals surface area contributed by atoms with Crippen molar-refractivity contribution in [2.45, 2.75) is 44.4 Å². The highest BCUT2D eigenvalue weighted by atomic mass is 16.5. The number of methoxy groups -OCH3 is 1. The van der Waals surface area contributed by atoms with Crippen LogP contribution < -0.4 is 14.8 Å². The van der Waals surface area contributed by atoms with Gasteiger partial charge in [0.2, 0.25) is 0 Å². The Morgan fingerprint density at radius 1 is 1.14 bits per heavy atom. The van der Waals surface area contributed by atoms with Gasteiger partial charge < -0.3 is 34.8 Å². The molecule has 2 aliphatic heterocycles. The van der Waals surface area contributed by atoms with Gasteiger partial charge in [-0.1, -0.05) is 0 Å². The van der Waals surface area contributed by atoms with E-state index in [9.17, 15) is 10.2 Å². The summed E-state index contributed by atoms with van der Waals surface area (Å²) in [6, 6.07) is 5.80. The van der Waals surface area contributed by atoms with Gasteiger partial charge in [-0.25, -0.2) is 0 Å². The van der Waals surface area contributed by atoms with Crippen LogP contribution in [0.25, 0.3) is 0 Å². The first-order chi connectivity index (χ1) is 14.1. The molecule has 0 aromatic heterocycles. The molecule has 2 fully saturated rings. The van der Waals surface area contributed by atoms with Crippen molar-refractivity contribution in [1.82, 2.24) is 15.1 Å². The number of aliphatic hydroxyl groups is 2. The molecule has 2 saturated heterocycles. The van der Waals surface area contributed by atoms with Crippen molar-refractivity contribution in [2.24, 2.45) is 0 Å². The highest BCUT2D eigenvalue weighted by molar-refractivity contribution is 5.40. The van der Waals surface area contributed by atoms with Crippen LogP contribution in [-0.4, -0.2) is 91.8 Å². The van der Waals surface area contributed by atoms with Gasteiger partial charge in [-0.3, -0.25) is 0 Å². The van der Waals surface area contributed by atoms with Gasteiger partial charge in [0.1, 0.15) is 24.2 Å². The second-order valence-electron chi connectivity index (χ2n) is 8.20. The Hall–Kier alpha value is -1.38. The summed E-state index contributed by atoms with van der Waals surface area (Å²) in [4.78, 5) is 4.68. The summed E-state index contributed by atoms with van der Waals surface area (Å²) < 4.78 is 11.3. The third-order valence-electron chi connectivity index (χ3n) is 5.84. The molecular weight excluding hydrogens is 370 g/mol. The Labute approximate surface area is 174 Å². The Morgan fingerprint density at radius 2 is 1.90 bits per heavy atom. The monoisotopic (exact) mass is 407 g/mol. The average Bonchev–Trinajstić information content (AvgIpc) is 3.25. The van der Waals surface area contributed by atoms with Gasteiger partial charge in [0.05, 0.1) is 13.2 Å². The Balaban J connectivity index is 1.45. The van der Waals surface area contributed by atoms with Crippen LogP contribution in [0.1, 0.15) is 31.2 Å². The molecule has 1 aromatic rings. The van der Waals surface area contributed by atoms with Crippen LogP contribution in [0.5, 0.6) is 11.5 Å². The van der Waals surface area contributed by atoms with E-state index in [1.165, 1.54) is 25.9 Å². The molecule has 1 unspecified atom stereocenters. The molecule has 3 N–H and O–H groups in total. The summed E-state index contributed by atoms with van der Waals surface area (Å²) in [5, 5.41) is 23.5. The molecule has 29 heavy (non-hydrogen) atoms. The molecule has 0 spiro atoms. The van der Waals surface area contributed by atoms with Crippen molar-refractivity contribution >= 4 is 0 Å². The summed E-state index contributed by atoms with van der Waals surface area (Å²) in [5.74, 6) is 1.59. The second-order valence-corrected chi connectivity index (χ2v) is 8.20. The maximum atomic E-state index is 10.4. The first-order valence-corrected chi connectivity index (χ1v) is 11.0. The lowest BCUT2D eigenvalue weighted by Crippen LogP contribution is -2.41. The minimum absolute atomic E-state index is 0.195. The van der Waals surface area contributed by atoms with Crippen molar-refractivity contribution in [1.29, 1.82) is 0 Å². The topological polar surface area (TPSA) is 77.4 Å². The maximum Gasteiger partial charge on any atom is 0.124 e. The van der Waals surface area contributed by atoms with E-state index in [0.717, 1.165) is 56.1 Å². The maximum absolute atomic E-state index is 10.4. The van der Waals surface area contributed by atoms with Crippen LogP contribution in [0.4, 0.5) is 0 Å². The molecule has 2 heterocycles. The number of ether oxygens (including phenoxy) is 2. The fourth-order valence-corrected chi connectivity index (χ4v) is 4.07.